The lowest BCUT2D eigenvalue weighted by Crippen LogP contribution is -2.11. The fourth-order valence-electron chi connectivity index (χ4n) is 1.87. The summed E-state index contributed by atoms with van der Waals surface area (Å²) in [5, 5.41) is 9.62. The topological polar surface area (TPSA) is 32.8 Å². The Kier molecular flexibility index (Phi) is 4.90. The lowest BCUT2D eigenvalue weighted by molar-refractivity contribution is 0.0264. The quantitative estimate of drug-likeness (QED) is 0.482. The average Bonchev–Trinajstić information content (AvgIpc) is 2.73. The normalized spacial score (nSPS) is 30.6. The Balaban J connectivity index is 1.81. The lowest BCUT2D eigenvalue weighted by Gasteiger charge is -2.04. The molecule has 1 rings (SSSR count). The maximum Gasteiger partial charge on any atom is 0.192 e. The van der Waals surface area contributed by atoms with Crippen molar-refractivity contribution in [3.05, 3.63) is 0 Å². The second-order valence-electron chi connectivity index (χ2n) is 4.48. The van der Waals surface area contributed by atoms with Crippen molar-refractivity contribution in [1.82, 2.24) is 0 Å². The first kappa shape index (κ1) is 12.0. The molecule has 1 saturated heterocycles. The summed E-state index contributed by atoms with van der Waals surface area (Å²) in [4.78, 5) is 0. The van der Waals surface area contributed by atoms with Crippen LogP contribution in [0.1, 0.15) is 65.2 Å². The molecular formula is C12H24O2. The van der Waals surface area contributed by atoms with Gasteiger partial charge in [-0.05, 0) is 13.3 Å². The van der Waals surface area contributed by atoms with Gasteiger partial charge in [-0.3, -0.25) is 0 Å². The molecule has 2 heteroatoms. The van der Waals surface area contributed by atoms with Crippen molar-refractivity contribution in [2.75, 3.05) is 0 Å². The van der Waals surface area contributed by atoms with Crippen LogP contribution in [0.5, 0.6) is 0 Å². The van der Waals surface area contributed by atoms with Crippen LogP contribution in [0.25, 0.3) is 0 Å². The van der Waals surface area contributed by atoms with Crippen LogP contribution in [0.15, 0.2) is 0 Å². The van der Waals surface area contributed by atoms with E-state index in [9.17, 15) is 5.11 Å². The highest BCUT2D eigenvalue weighted by molar-refractivity contribution is 4.88. The van der Waals surface area contributed by atoms with E-state index in [4.69, 9.17) is 4.74 Å². The fraction of sp³-hybridized carbons (Fsp3) is 1.00. The van der Waals surface area contributed by atoms with Gasteiger partial charge in [-0.15, -0.1) is 0 Å². The number of aliphatic hydroxyl groups is 1. The predicted octanol–water partition coefficient (Wildman–Crippen LogP) is 3.23. The number of epoxide rings is 1. The molecule has 0 amide bonds. The number of ether oxygens (including phenoxy) is 1. The molecule has 2 atom stereocenters. The van der Waals surface area contributed by atoms with Crippen molar-refractivity contribution >= 4 is 0 Å². The molecule has 0 aromatic carbocycles. The fourth-order valence-corrected chi connectivity index (χ4v) is 1.87. The van der Waals surface area contributed by atoms with E-state index in [0.717, 1.165) is 12.8 Å². The Morgan fingerprint density at radius 2 is 1.57 bits per heavy atom. The summed E-state index contributed by atoms with van der Waals surface area (Å²) < 4.78 is 5.10. The molecule has 1 heterocycles. The number of unbranched alkanes of at least 4 members (excludes halogenated alkanes) is 6. The molecule has 1 aliphatic rings. The van der Waals surface area contributed by atoms with Crippen LogP contribution < -0.4 is 0 Å². The minimum atomic E-state index is -0.747. The average molecular weight is 200 g/mol. The van der Waals surface area contributed by atoms with Crippen molar-refractivity contribution in [2.45, 2.75) is 77.1 Å². The molecule has 0 bridgehead atoms. The zero-order valence-electron chi connectivity index (χ0n) is 9.59. The third-order valence-corrected chi connectivity index (χ3v) is 3.10. The van der Waals surface area contributed by atoms with Crippen LogP contribution in [-0.2, 0) is 4.74 Å². The summed E-state index contributed by atoms with van der Waals surface area (Å²) in [6.07, 6.45) is 9.94. The maximum atomic E-state index is 9.62. The van der Waals surface area contributed by atoms with Gasteiger partial charge in [-0.1, -0.05) is 45.4 Å². The van der Waals surface area contributed by atoms with E-state index < -0.39 is 5.79 Å². The Labute approximate surface area is 87.7 Å². The highest BCUT2D eigenvalue weighted by Gasteiger charge is 2.50. The standard InChI is InChI=1S/C12H24O2/c1-3-4-5-6-7-8-9-10-12(13)11(2)14-12/h11,13H,3-10H2,1-2H3. The molecule has 14 heavy (non-hydrogen) atoms. The summed E-state index contributed by atoms with van der Waals surface area (Å²) in [6, 6.07) is 0. The molecule has 0 aromatic rings. The van der Waals surface area contributed by atoms with Crippen molar-refractivity contribution in [2.24, 2.45) is 0 Å². The third-order valence-electron chi connectivity index (χ3n) is 3.10. The third kappa shape index (κ3) is 3.97. The van der Waals surface area contributed by atoms with Crippen LogP contribution in [0, 0.1) is 0 Å². The second kappa shape index (κ2) is 5.72. The van der Waals surface area contributed by atoms with Crippen molar-refractivity contribution in [1.29, 1.82) is 0 Å². The van der Waals surface area contributed by atoms with E-state index in [-0.39, 0.29) is 6.10 Å². The Morgan fingerprint density at radius 3 is 2.07 bits per heavy atom. The summed E-state index contributed by atoms with van der Waals surface area (Å²) in [5.41, 5.74) is 0. The molecule has 1 aliphatic heterocycles. The minimum Gasteiger partial charge on any atom is -0.363 e. The molecular weight excluding hydrogens is 176 g/mol. The van der Waals surface area contributed by atoms with Gasteiger partial charge in [0.05, 0.1) is 0 Å². The van der Waals surface area contributed by atoms with Gasteiger partial charge in [0.1, 0.15) is 6.10 Å². The van der Waals surface area contributed by atoms with Gasteiger partial charge < -0.3 is 9.84 Å². The number of hydrogen-bond donors (Lipinski definition) is 1. The number of rotatable bonds is 8. The van der Waals surface area contributed by atoms with Crippen molar-refractivity contribution in [3.8, 4) is 0 Å². The van der Waals surface area contributed by atoms with Crippen LogP contribution in [0.4, 0.5) is 0 Å². The molecule has 0 spiro atoms. The van der Waals surface area contributed by atoms with Crippen LogP contribution in [0.3, 0.4) is 0 Å². The van der Waals surface area contributed by atoms with Crippen molar-refractivity contribution in [3.63, 3.8) is 0 Å². The van der Waals surface area contributed by atoms with Gasteiger partial charge in [0.2, 0.25) is 0 Å². The molecule has 0 aromatic heterocycles. The molecule has 0 saturated carbocycles. The first-order chi connectivity index (χ1) is 6.69. The Bertz CT molecular complexity index is 158. The lowest BCUT2D eigenvalue weighted by atomic mass is 10.1. The first-order valence-corrected chi connectivity index (χ1v) is 6.09. The van der Waals surface area contributed by atoms with Crippen molar-refractivity contribution < 1.29 is 9.84 Å². The second-order valence-corrected chi connectivity index (χ2v) is 4.48. The zero-order chi connectivity index (χ0) is 10.4. The summed E-state index contributed by atoms with van der Waals surface area (Å²) in [5.74, 6) is -0.747. The van der Waals surface area contributed by atoms with E-state index in [0.29, 0.717) is 0 Å². The van der Waals surface area contributed by atoms with Gasteiger partial charge in [0.15, 0.2) is 5.79 Å². The Hall–Kier alpha value is -0.0800. The molecule has 0 aliphatic carbocycles. The maximum absolute atomic E-state index is 9.62. The van der Waals surface area contributed by atoms with Gasteiger partial charge in [0.25, 0.3) is 0 Å². The van der Waals surface area contributed by atoms with E-state index in [1.807, 2.05) is 6.92 Å². The molecule has 2 nitrogen and oxygen atoms in total. The van der Waals surface area contributed by atoms with Crippen LogP contribution in [0.2, 0.25) is 0 Å². The molecule has 0 radical (unpaired) electrons. The summed E-state index contributed by atoms with van der Waals surface area (Å²) in [7, 11) is 0. The number of hydrogen-bond acceptors (Lipinski definition) is 2. The largest absolute Gasteiger partial charge is 0.363 e. The highest BCUT2D eigenvalue weighted by atomic mass is 16.7. The molecule has 84 valence electrons. The summed E-state index contributed by atoms with van der Waals surface area (Å²) >= 11 is 0. The predicted molar refractivity (Wildman–Crippen MR) is 58.1 cm³/mol. The van der Waals surface area contributed by atoms with E-state index >= 15 is 0 Å². The van der Waals surface area contributed by atoms with Crippen LogP contribution in [-0.4, -0.2) is 17.0 Å². The Morgan fingerprint density at radius 1 is 1.07 bits per heavy atom. The van der Waals surface area contributed by atoms with Gasteiger partial charge >= 0.3 is 0 Å². The zero-order valence-corrected chi connectivity index (χ0v) is 9.59. The summed E-state index contributed by atoms with van der Waals surface area (Å²) in [6.45, 7) is 4.17. The van der Waals surface area contributed by atoms with E-state index in [1.54, 1.807) is 0 Å². The van der Waals surface area contributed by atoms with Gasteiger partial charge in [-0.25, -0.2) is 0 Å². The van der Waals surface area contributed by atoms with Gasteiger partial charge in [-0.2, -0.15) is 0 Å². The van der Waals surface area contributed by atoms with E-state index in [1.165, 1.54) is 38.5 Å². The SMILES string of the molecule is CCCCCCCCCC1(O)OC1C. The first-order valence-electron chi connectivity index (χ1n) is 6.09. The smallest absolute Gasteiger partial charge is 0.192 e. The molecule has 2 unspecified atom stereocenters. The molecule has 1 N–H and O–H groups in total. The molecule has 1 fully saturated rings. The monoisotopic (exact) mass is 200 g/mol. The minimum absolute atomic E-state index is 0.0718. The van der Waals surface area contributed by atoms with E-state index in [2.05, 4.69) is 6.92 Å². The highest BCUT2D eigenvalue weighted by Crippen LogP contribution is 2.37. The van der Waals surface area contributed by atoms with Crippen LogP contribution >= 0.6 is 0 Å². The van der Waals surface area contributed by atoms with Gasteiger partial charge in [0, 0.05) is 6.42 Å².